The Labute approximate surface area is 114 Å². The van der Waals surface area contributed by atoms with Crippen molar-refractivity contribution in [3.8, 4) is 11.8 Å². The van der Waals surface area contributed by atoms with Crippen molar-refractivity contribution in [3.63, 3.8) is 0 Å². The molecule has 0 amide bonds. The summed E-state index contributed by atoms with van der Waals surface area (Å²) in [4.78, 5) is 1.95. The highest BCUT2D eigenvalue weighted by Gasteiger charge is 2.28. The van der Waals surface area contributed by atoms with Crippen molar-refractivity contribution in [3.05, 3.63) is 29.6 Å². The normalized spacial score (nSPS) is 14.3. The molecule has 1 aromatic rings. The second-order valence-electron chi connectivity index (χ2n) is 5.20. The van der Waals surface area contributed by atoms with Gasteiger partial charge in [-0.25, -0.2) is 4.39 Å². The predicted octanol–water partition coefficient (Wildman–Crippen LogP) is 3.23. The van der Waals surface area contributed by atoms with Crippen molar-refractivity contribution in [1.29, 1.82) is 5.26 Å². The Kier molecular flexibility index (Phi) is 5.31. The van der Waals surface area contributed by atoms with Crippen LogP contribution in [0.2, 0.25) is 0 Å². The van der Waals surface area contributed by atoms with Crippen LogP contribution in [-0.4, -0.2) is 26.1 Å². The van der Waals surface area contributed by atoms with Crippen LogP contribution in [0, 0.1) is 29.0 Å². The Bertz CT molecular complexity index is 466. The van der Waals surface area contributed by atoms with E-state index in [1.54, 1.807) is 6.07 Å². The molecule has 0 N–H and O–H groups in total. The van der Waals surface area contributed by atoms with E-state index in [-0.39, 0.29) is 23.6 Å². The molecule has 0 aliphatic rings. The molecule has 0 saturated carbocycles. The SMILES string of the molecule is COc1ccc(C(C(C#N)C(C)C)N(C)C)cc1F. The Morgan fingerprint density at radius 3 is 2.32 bits per heavy atom. The van der Waals surface area contributed by atoms with Crippen LogP contribution in [0.25, 0.3) is 0 Å². The van der Waals surface area contributed by atoms with Gasteiger partial charge in [0.1, 0.15) is 0 Å². The van der Waals surface area contributed by atoms with E-state index < -0.39 is 5.82 Å². The van der Waals surface area contributed by atoms with Gasteiger partial charge in [-0.1, -0.05) is 19.9 Å². The molecule has 0 radical (unpaired) electrons. The van der Waals surface area contributed by atoms with Gasteiger partial charge in [0.25, 0.3) is 0 Å². The summed E-state index contributed by atoms with van der Waals surface area (Å²) in [6, 6.07) is 7.08. The first-order valence-corrected chi connectivity index (χ1v) is 6.31. The number of nitrogens with zero attached hydrogens (tertiary/aromatic N) is 2. The van der Waals surface area contributed by atoms with Gasteiger partial charge >= 0.3 is 0 Å². The van der Waals surface area contributed by atoms with Gasteiger partial charge in [-0.2, -0.15) is 5.26 Å². The molecule has 2 atom stereocenters. The van der Waals surface area contributed by atoms with Gasteiger partial charge in [0, 0.05) is 0 Å². The topological polar surface area (TPSA) is 36.3 Å². The molecule has 104 valence electrons. The summed E-state index contributed by atoms with van der Waals surface area (Å²) in [5.74, 6) is -0.169. The fraction of sp³-hybridized carbons (Fsp3) is 0.533. The van der Waals surface area contributed by atoms with Gasteiger partial charge in [-0.3, -0.25) is 0 Å². The zero-order valence-corrected chi connectivity index (χ0v) is 12.1. The molecule has 19 heavy (non-hydrogen) atoms. The van der Waals surface area contributed by atoms with E-state index >= 15 is 0 Å². The van der Waals surface area contributed by atoms with Gasteiger partial charge in [-0.05, 0) is 37.7 Å². The highest BCUT2D eigenvalue weighted by atomic mass is 19.1. The predicted molar refractivity (Wildman–Crippen MR) is 73.3 cm³/mol. The average Bonchev–Trinajstić information content (AvgIpc) is 2.34. The largest absolute Gasteiger partial charge is 0.494 e. The Morgan fingerprint density at radius 2 is 1.95 bits per heavy atom. The summed E-state index contributed by atoms with van der Waals surface area (Å²) in [7, 11) is 5.24. The molecular formula is C15H21FN2O. The lowest BCUT2D eigenvalue weighted by molar-refractivity contribution is 0.209. The van der Waals surface area contributed by atoms with E-state index in [1.165, 1.54) is 13.2 Å². The quantitative estimate of drug-likeness (QED) is 0.819. The van der Waals surface area contributed by atoms with Crippen LogP contribution in [0.4, 0.5) is 4.39 Å². The summed E-state index contributed by atoms with van der Waals surface area (Å²) >= 11 is 0. The smallest absolute Gasteiger partial charge is 0.165 e. The minimum Gasteiger partial charge on any atom is -0.494 e. The first-order valence-electron chi connectivity index (χ1n) is 6.31. The Balaban J connectivity index is 3.20. The van der Waals surface area contributed by atoms with Crippen LogP contribution in [0.3, 0.4) is 0 Å². The third-order valence-electron chi connectivity index (χ3n) is 3.28. The maximum Gasteiger partial charge on any atom is 0.165 e. The first-order chi connectivity index (χ1) is 8.92. The summed E-state index contributed by atoms with van der Waals surface area (Å²) in [5.41, 5.74) is 0.795. The van der Waals surface area contributed by atoms with E-state index in [0.717, 1.165) is 5.56 Å². The van der Waals surface area contributed by atoms with E-state index in [9.17, 15) is 9.65 Å². The number of methoxy groups -OCH3 is 1. The van der Waals surface area contributed by atoms with Crippen LogP contribution in [-0.2, 0) is 0 Å². The molecule has 0 spiro atoms. The summed E-state index contributed by atoms with van der Waals surface area (Å²) in [6.07, 6.45) is 0. The van der Waals surface area contributed by atoms with Crippen LogP contribution in [0.15, 0.2) is 18.2 Å². The van der Waals surface area contributed by atoms with E-state index in [2.05, 4.69) is 6.07 Å². The Morgan fingerprint density at radius 1 is 1.32 bits per heavy atom. The number of rotatable bonds is 5. The lowest BCUT2D eigenvalue weighted by atomic mass is 9.85. The number of hydrogen-bond donors (Lipinski definition) is 0. The number of halogens is 1. The minimum atomic E-state index is -0.396. The van der Waals surface area contributed by atoms with E-state index in [4.69, 9.17) is 4.74 Å². The number of benzene rings is 1. The fourth-order valence-corrected chi connectivity index (χ4v) is 2.28. The molecule has 0 fully saturated rings. The molecular weight excluding hydrogens is 243 g/mol. The Hall–Kier alpha value is -1.60. The standard InChI is InChI=1S/C15H21FN2O/c1-10(2)12(9-17)15(18(3)4)11-6-7-14(19-5)13(16)8-11/h6-8,10,12,15H,1-5H3. The fourth-order valence-electron chi connectivity index (χ4n) is 2.28. The number of hydrogen-bond acceptors (Lipinski definition) is 3. The van der Waals surface area contributed by atoms with Crippen molar-refractivity contribution in [1.82, 2.24) is 4.90 Å². The number of nitriles is 1. The summed E-state index contributed by atoms with van der Waals surface area (Å²) in [6.45, 7) is 4.01. The van der Waals surface area contributed by atoms with Crippen LogP contribution >= 0.6 is 0 Å². The summed E-state index contributed by atoms with van der Waals surface area (Å²) < 4.78 is 18.7. The van der Waals surface area contributed by atoms with Crippen molar-refractivity contribution in [2.45, 2.75) is 19.9 Å². The van der Waals surface area contributed by atoms with Gasteiger partial charge in [0.15, 0.2) is 11.6 Å². The molecule has 0 bridgehead atoms. The highest BCUT2D eigenvalue weighted by molar-refractivity contribution is 5.32. The maximum atomic E-state index is 13.8. The maximum absolute atomic E-state index is 13.8. The zero-order valence-electron chi connectivity index (χ0n) is 12.1. The van der Waals surface area contributed by atoms with Crippen molar-refractivity contribution < 1.29 is 9.13 Å². The first kappa shape index (κ1) is 15.5. The lowest BCUT2D eigenvalue weighted by Gasteiger charge is -2.31. The van der Waals surface area contributed by atoms with E-state index in [0.29, 0.717) is 0 Å². The van der Waals surface area contributed by atoms with Crippen molar-refractivity contribution in [2.75, 3.05) is 21.2 Å². The van der Waals surface area contributed by atoms with Gasteiger partial charge in [0.2, 0.25) is 0 Å². The number of ether oxygens (including phenoxy) is 1. The van der Waals surface area contributed by atoms with Crippen LogP contribution in [0.1, 0.15) is 25.5 Å². The van der Waals surface area contributed by atoms with Crippen molar-refractivity contribution in [2.24, 2.45) is 11.8 Å². The van der Waals surface area contributed by atoms with Crippen LogP contribution < -0.4 is 4.74 Å². The van der Waals surface area contributed by atoms with E-state index in [1.807, 2.05) is 38.9 Å². The molecule has 0 aliphatic heterocycles. The zero-order chi connectivity index (χ0) is 14.6. The molecule has 1 aromatic carbocycles. The van der Waals surface area contributed by atoms with Gasteiger partial charge in [0.05, 0.1) is 25.1 Å². The highest BCUT2D eigenvalue weighted by Crippen LogP contribution is 2.33. The third kappa shape index (κ3) is 3.45. The molecule has 2 unspecified atom stereocenters. The molecule has 3 nitrogen and oxygen atoms in total. The molecule has 0 aromatic heterocycles. The minimum absolute atomic E-state index is 0.134. The molecule has 0 saturated heterocycles. The monoisotopic (exact) mass is 264 g/mol. The van der Waals surface area contributed by atoms with Crippen LogP contribution in [0.5, 0.6) is 5.75 Å². The molecule has 4 heteroatoms. The molecule has 1 rings (SSSR count). The molecule has 0 heterocycles. The lowest BCUT2D eigenvalue weighted by Crippen LogP contribution is -2.29. The summed E-state index contributed by atoms with van der Waals surface area (Å²) in [5, 5.41) is 9.35. The van der Waals surface area contributed by atoms with Crippen molar-refractivity contribution >= 4 is 0 Å². The second kappa shape index (κ2) is 6.53. The van der Waals surface area contributed by atoms with Gasteiger partial charge in [-0.15, -0.1) is 0 Å². The van der Waals surface area contributed by atoms with Gasteiger partial charge < -0.3 is 9.64 Å². The second-order valence-corrected chi connectivity index (χ2v) is 5.20. The molecule has 0 aliphatic carbocycles. The third-order valence-corrected chi connectivity index (χ3v) is 3.28. The average molecular weight is 264 g/mol.